The third kappa shape index (κ3) is 3.21. The van der Waals surface area contributed by atoms with E-state index in [1.165, 1.54) is 33.5 Å². The minimum atomic E-state index is -1.72. The van der Waals surface area contributed by atoms with Crippen LogP contribution in [0.4, 0.5) is 0 Å². The van der Waals surface area contributed by atoms with Crippen LogP contribution in [0.3, 0.4) is 0 Å². The molecule has 0 bridgehead atoms. The number of fused-ring (bicyclic) bond motifs is 3. The molecule has 0 saturated heterocycles. The van der Waals surface area contributed by atoms with Crippen molar-refractivity contribution in [3.63, 3.8) is 0 Å². The lowest BCUT2D eigenvalue weighted by atomic mass is 9.70. The summed E-state index contributed by atoms with van der Waals surface area (Å²) in [6, 6.07) is 12.1. The maximum absolute atomic E-state index is 14.2. The van der Waals surface area contributed by atoms with Gasteiger partial charge < -0.3 is 18.9 Å². The van der Waals surface area contributed by atoms with Crippen LogP contribution in [0.2, 0.25) is 5.02 Å². The number of halogens is 1. The molecule has 8 nitrogen and oxygen atoms in total. The zero-order valence-corrected chi connectivity index (χ0v) is 20.8. The average Bonchev–Trinajstić information content (AvgIpc) is 3.21. The third-order valence-electron chi connectivity index (χ3n) is 6.73. The number of carbonyl (C=O) groups is 3. The lowest BCUT2D eigenvalue weighted by molar-refractivity contribution is 0.0190. The Bertz CT molecular complexity index is 1440. The molecule has 0 fully saturated rings. The Hall–Kier alpha value is -3.91. The SMILES string of the molecule is COC(=O)c1cc(-c2ccccc2)c2c(n1)[C@@]1(Oc3c(Cl)c(OC)cc(OC)c3C1=O)[C@H](C)CC2=O. The van der Waals surface area contributed by atoms with Crippen molar-refractivity contribution in [3.8, 4) is 28.4 Å². The number of methoxy groups -OCH3 is 3. The first kappa shape index (κ1) is 23.8. The molecule has 2 aromatic carbocycles. The van der Waals surface area contributed by atoms with Gasteiger partial charge in [-0.25, -0.2) is 9.78 Å². The summed E-state index contributed by atoms with van der Waals surface area (Å²) in [4.78, 5) is 44.8. The van der Waals surface area contributed by atoms with E-state index in [1.54, 1.807) is 6.92 Å². The molecule has 1 aliphatic carbocycles. The summed E-state index contributed by atoms with van der Waals surface area (Å²) in [5, 5.41) is 0.0941. The fourth-order valence-corrected chi connectivity index (χ4v) is 5.25. The predicted octanol–water partition coefficient (Wildman–Crippen LogP) is 4.90. The molecular formula is C27H22ClNO7. The first-order valence-corrected chi connectivity index (χ1v) is 11.6. The predicted molar refractivity (Wildman–Crippen MR) is 130 cm³/mol. The zero-order valence-electron chi connectivity index (χ0n) is 20.0. The molecule has 0 unspecified atom stereocenters. The molecule has 184 valence electrons. The lowest BCUT2D eigenvalue weighted by Gasteiger charge is -2.38. The summed E-state index contributed by atoms with van der Waals surface area (Å²) in [5.74, 6) is -1.47. The summed E-state index contributed by atoms with van der Waals surface area (Å²) in [6.07, 6.45) is 0.0167. The van der Waals surface area contributed by atoms with Gasteiger partial charge in [-0.15, -0.1) is 0 Å². The van der Waals surface area contributed by atoms with E-state index in [1.807, 2.05) is 30.3 Å². The van der Waals surface area contributed by atoms with E-state index in [-0.39, 0.29) is 57.0 Å². The van der Waals surface area contributed by atoms with Crippen molar-refractivity contribution >= 4 is 29.1 Å². The summed E-state index contributed by atoms with van der Waals surface area (Å²) in [6.45, 7) is 1.73. The number of carbonyl (C=O) groups excluding carboxylic acids is 3. The summed E-state index contributed by atoms with van der Waals surface area (Å²) in [7, 11) is 4.09. The van der Waals surface area contributed by atoms with Crippen LogP contribution in [0.15, 0.2) is 42.5 Å². The van der Waals surface area contributed by atoms with Gasteiger partial charge in [-0.3, -0.25) is 9.59 Å². The van der Waals surface area contributed by atoms with E-state index < -0.39 is 23.3 Å². The van der Waals surface area contributed by atoms with Gasteiger partial charge >= 0.3 is 5.97 Å². The molecular weight excluding hydrogens is 486 g/mol. The Morgan fingerprint density at radius 1 is 1.06 bits per heavy atom. The van der Waals surface area contributed by atoms with E-state index in [0.717, 1.165) is 0 Å². The Morgan fingerprint density at radius 3 is 2.39 bits per heavy atom. The first-order chi connectivity index (χ1) is 17.3. The van der Waals surface area contributed by atoms with Crippen molar-refractivity contribution in [2.45, 2.75) is 18.9 Å². The van der Waals surface area contributed by atoms with E-state index in [9.17, 15) is 14.4 Å². The maximum Gasteiger partial charge on any atom is 0.356 e. The Labute approximate surface area is 212 Å². The molecule has 1 aromatic heterocycles. The van der Waals surface area contributed by atoms with Crippen LogP contribution in [-0.4, -0.2) is 43.8 Å². The van der Waals surface area contributed by atoms with Crippen LogP contribution in [0, 0.1) is 5.92 Å². The number of ketones is 2. The van der Waals surface area contributed by atoms with Gasteiger partial charge in [-0.2, -0.15) is 0 Å². The molecule has 0 amide bonds. The van der Waals surface area contributed by atoms with Gasteiger partial charge in [0.1, 0.15) is 33.5 Å². The van der Waals surface area contributed by atoms with Gasteiger partial charge in [-0.1, -0.05) is 48.9 Å². The number of rotatable bonds is 4. The number of nitrogens with zero attached hydrogens (tertiary/aromatic N) is 1. The van der Waals surface area contributed by atoms with Crippen molar-refractivity contribution in [1.82, 2.24) is 4.98 Å². The van der Waals surface area contributed by atoms with Gasteiger partial charge in [0, 0.05) is 18.4 Å². The molecule has 0 N–H and O–H groups in total. The largest absolute Gasteiger partial charge is 0.496 e. The number of ether oxygens (including phenoxy) is 4. The van der Waals surface area contributed by atoms with Crippen LogP contribution in [-0.2, 0) is 10.3 Å². The van der Waals surface area contributed by atoms with Gasteiger partial charge in [-0.05, 0) is 17.2 Å². The highest BCUT2D eigenvalue weighted by atomic mass is 35.5. The summed E-state index contributed by atoms with van der Waals surface area (Å²) in [5.41, 5.74) is -0.245. The van der Waals surface area contributed by atoms with E-state index in [4.69, 9.17) is 30.5 Å². The maximum atomic E-state index is 14.2. The second-order valence-electron chi connectivity index (χ2n) is 8.63. The second-order valence-corrected chi connectivity index (χ2v) is 9.01. The fourth-order valence-electron chi connectivity index (χ4n) is 4.99. The second kappa shape index (κ2) is 8.64. The van der Waals surface area contributed by atoms with Crippen LogP contribution in [0.5, 0.6) is 17.2 Å². The highest BCUT2D eigenvalue weighted by Gasteiger charge is 2.60. The van der Waals surface area contributed by atoms with E-state index >= 15 is 0 Å². The van der Waals surface area contributed by atoms with Gasteiger partial charge in [0.05, 0.1) is 26.9 Å². The van der Waals surface area contributed by atoms with Crippen LogP contribution < -0.4 is 14.2 Å². The Balaban J connectivity index is 1.85. The first-order valence-electron chi connectivity index (χ1n) is 11.2. The number of benzene rings is 2. The molecule has 36 heavy (non-hydrogen) atoms. The van der Waals surface area contributed by atoms with Crippen LogP contribution in [0.1, 0.15) is 50.2 Å². The number of aromatic nitrogens is 1. The number of Topliss-reactive ketones (excluding diaryl/α,β-unsaturated/α-hetero) is 2. The Kier molecular flexibility index (Phi) is 5.71. The molecule has 9 heteroatoms. The van der Waals surface area contributed by atoms with Crippen molar-refractivity contribution < 1.29 is 33.3 Å². The average molecular weight is 508 g/mol. The van der Waals surface area contributed by atoms with Gasteiger partial charge in [0.2, 0.25) is 11.4 Å². The van der Waals surface area contributed by atoms with Gasteiger partial charge in [0.25, 0.3) is 0 Å². The monoisotopic (exact) mass is 507 g/mol. The van der Waals surface area contributed by atoms with Crippen molar-refractivity contribution in [2.75, 3.05) is 21.3 Å². The summed E-state index contributed by atoms with van der Waals surface area (Å²) >= 11 is 6.57. The highest BCUT2D eigenvalue weighted by Crippen LogP contribution is 2.57. The molecule has 0 radical (unpaired) electrons. The number of hydrogen-bond donors (Lipinski definition) is 0. The molecule has 2 aliphatic rings. The highest BCUT2D eigenvalue weighted by molar-refractivity contribution is 6.35. The number of hydrogen-bond acceptors (Lipinski definition) is 8. The van der Waals surface area contributed by atoms with E-state index in [0.29, 0.717) is 11.1 Å². The molecule has 5 rings (SSSR count). The minimum absolute atomic E-state index is 0.0167. The number of esters is 1. The lowest BCUT2D eigenvalue weighted by Crippen LogP contribution is -2.49. The Morgan fingerprint density at radius 2 is 1.75 bits per heavy atom. The quantitative estimate of drug-likeness (QED) is 0.460. The zero-order chi connectivity index (χ0) is 25.8. The van der Waals surface area contributed by atoms with Crippen molar-refractivity contribution in [2.24, 2.45) is 5.92 Å². The van der Waals surface area contributed by atoms with Crippen molar-refractivity contribution in [1.29, 1.82) is 0 Å². The minimum Gasteiger partial charge on any atom is -0.496 e. The number of pyridine rings is 1. The molecule has 1 aliphatic heterocycles. The van der Waals surface area contributed by atoms with Crippen molar-refractivity contribution in [3.05, 3.63) is 70.0 Å². The fraction of sp³-hybridized carbons (Fsp3) is 0.259. The third-order valence-corrected chi connectivity index (χ3v) is 7.09. The molecule has 3 aromatic rings. The topological polar surface area (TPSA) is 101 Å². The van der Waals surface area contributed by atoms with Crippen LogP contribution in [0.25, 0.3) is 11.1 Å². The summed E-state index contributed by atoms with van der Waals surface area (Å²) < 4.78 is 22.1. The van der Waals surface area contributed by atoms with E-state index in [2.05, 4.69) is 4.98 Å². The standard InChI is InChI=1S/C27H22ClNO7/c1-13-10-17(30)20-15(14-8-6-5-7-9-14)11-16(26(32)35-4)29-24(20)27(13)25(31)21-18(33-2)12-19(34-3)22(28)23(21)36-27/h5-9,11-13H,10H2,1-4H3/t13-,27+/m1/s1. The molecule has 2 heterocycles. The molecule has 2 atom stereocenters. The molecule has 0 saturated carbocycles. The molecule has 1 spiro atoms. The normalized spacial score (nSPS) is 20.0. The van der Waals surface area contributed by atoms with Gasteiger partial charge in [0.15, 0.2) is 11.5 Å². The van der Waals surface area contributed by atoms with Crippen LogP contribution >= 0.6 is 11.6 Å². The smallest absolute Gasteiger partial charge is 0.356 e.